The van der Waals surface area contributed by atoms with E-state index in [-0.39, 0.29) is 45.0 Å². The van der Waals surface area contributed by atoms with Gasteiger partial charge < -0.3 is 29.7 Å². The second-order valence-corrected chi connectivity index (χ2v) is 17.3. The van der Waals surface area contributed by atoms with Crippen LogP contribution < -0.4 is 15.4 Å². The lowest BCUT2D eigenvalue weighted by Crippen LogP contribution is -2.58. The Bertz CT molecular complexity index is 1770. The minimum absolute atomic E-state index is 0.0807. The van der Waals surface area contributed by atoms with Gasteiger partial charge in [0.2, 0.25) is 21.8 Å². The first-order valence-electron chi connectivity index (χ1n) is 18.6. The monoisotopic (exact) mass is 775 g/mol. The summed E-state index contributed by atoms with van der Waals surface area (Å²) >= 11 is 6.36. The lowest BCUT2D eigenvalue weighted by Gasteiger charge is -2.30. The van der Waals surface area contributed by atoms with Gasteiger partial charge >= 0.3 is 12.2 Å². The molecule has 0 spiro atoms. The standard InChI is InChI=1S/C36H46ClN5O10S/c37-28-9-6-7-22-19-41(21-27(22)28)35(47)52-25-17-30-31(43)39-36(33(45)40-53(48,49)26-11-12-26)18-23(36)8-4-2-1-3-5-10-29(32(44)42(30)20-25)38-34(46)51-24-13-15-50-16-14-24/h4,6-9,23-26,29-30H,1-3,5,10-21H2,(H,38,46)(H,39,43)(H,40,45)/t23-,25-,29+,30+,36-/m1/s1. The van der Waals surface area contributed by atoms with Crippen LogP contribution in [0.25, 0.3) is 0 Å². The molecule has 5 atom stereocenters. The molecule has 2 saturated carbocycles. The summed E-state index contributed by atoms with van der Waals surface area (Å²) in [4.78, 5) is 71.6. The van der Waals surface area contributed by atoms with Gasteiger partial charge in [-0.15, -0.1) is 0 Å². The van der Waals surface area contributed by atoms with E-state index in [9.17, 15) is 32.4 Å². The summed E-state index contributed by atoms with van der Waals surface area (Å²) in [5, 5.41) is 5.45. The Hall–Kier alpha value is -3.89. The number of hydrogen-bond donors (Lipinski definition) is 3. The summed E-state index contributed by atoms with van der Waals surface area (Å²) in [5.41, 5.74) is 0.178. The normalized spacial score (nSPS) is 29.5. The van der Waals surface area contributed by atoms with E-state index in [1.165, 1.54) is 9.80 Å². The number of benzene rings is 1. The Morgan fingerprint density at radius 2 is 1.77 bits per heavy atom. The number of sulfonamides is 1. The number of fused-ring (bicyclic) bond motifs is 3. The Labute approximate surface area is 313 Å². The lowest BCUT2D eigenvalue weighted by molar-refractivity contribution is -0.141. The highest BCUT2D eigenvalue weighted by molar-refractivity contribution is 7.91. The number of halogens is 1. The Morgan fingerprint density at radius 3 is 2.53 bits per heavy atom. The zero-order valence-electron chi connectivity index (χ0n) is 29.4. The topological polar surface area (TPSA) is 190 Å². The van der Waals surface area contributed by atoms with Gasteiger partial charge in [-0.2, -0.15) is 0 Å². The molecule has 2 saturated heterocycles. The molecule has 15 nitrogen and oxygen atoms in total. The molecule has 17 heteroatoms. The summed E-state index contributed by atoms with van der Waals surface area (Å²) in [6.45, 7) is 1.30. The second kappa shape index (κ2) is 15.5. The molecule has 0 aromatic heterocycles. The largest absolute Gasteiger partial charge is 0.446 e. The smallest absolute Gasteiger partial charge is 0.410 e. The number of alkyl carbamates (subject to hydrolysis) is 1. The average molecular weight is 776 g/mol. The third-order valence-electron chi connectivity index (χ3n) is 11.0. The Kier molecular flexibility index (Phi) is 10.9. The number of allylic oxidation sites excluding steroid dienone is 1. The Morgan fingerprint density at radius 1 is 0.981 bits per heavy atom. The molecule has 1 aromatic rings. The third-order valence-corrected chi connectivity index (χ3v) is 13.2. The first kappa shape index (κ1) is 37.4. The first-order chi connectivity index (χ1) is 25.4. The van der Waals surface area contributed by atoms with Crippen LogP contribution >= 0.6 is 11.6 Å². The number of rotatable bonds is 6. The van der Waals surface area contributed by atoms with E-state index in [4.69, 9.17) is 25.8 Å². The maximum absolute atomic E-state index is 14.4. The molecule has 7 rings (SSSR count). The fraction of sp³-hybridized carbons (Fsp3) is 0.639. The van der Waals surface area contributed by atoms with Gasteiger partial charge in [0.1, 0.15) is 29.8 Å². The maximum atomic E-state index is 14.4. The van der Waals surface area contributed by atoms with Gasteiger partial charge in [0.25, 0.3) is 5.91 Å². The SMILES string of the molecule is O=C(N[C@H]1CCCCCC=C[C@@H]2C[C@@]2(C(=O)NS(=O)(=O)C2CC2)NC(=O)[C@@H]2C[C@@H](OC(=O)N3Cc4cccc(Cl)c4C3)CN2C1=O)OC1CCOCC1. The number of nitrogens with zero attached hydrogens (tertiary/aromatic N) is 2. The van der Waals surface area contributed by atoms with Crippen molar-refractivity contribution in [2.24, 2.45) is 5.92 Å². The van der Waals surface area contributed by atoms with Crippen LogP contribution in [0.1, 0.15) is 81.8 Å². The van der Waals surface area contributed by atoms with Gasteiger partial charge in [-0.3, -0.25) is 24.0 Å². The van der Waals surface area contributed by atoms with Crippen molar-refractivity contribution in [1.29, 1.82) is 0 Å². The Balaban J connectivity index is 1.12. The molecular formula is C36H46ClN5O10S. The van der Waals surface area contributed by atoms with Crippen molar-refractivity contribution in [2.75, 3.05) is 19.8 Å². The van der Waals surface area contributed by atoms with E-state index < -0.39 is 74.8 Å². The highest BCUT2D eigenvalue weighted by Gasteiger charge is 2.62. The van der Waals surface area contributed by atoms with Crippen LogP contribution in [0, 0.1) is 5.92 Å². The molecule has 4 heterocycles. The van der Waals surface area contributed by atoms with E-state index in [0.717, 1.165) is 24.0 Å². The van der Waals surface area contributed by atoms with Crippen LogP contribution in [0.5, 0.6) is 0 Å². The van der Waals surface area contributed by atoms with Crippen LogP contribution in [0.4, 0.5) is 9.59 Å². The number of ether oxygens (including phenoxy) is 3. The first-order valence-corrected chi connectivity index (χ1v) is 20.5. The summed E-state index contributed by atoms with van der Waals surface area (Å²) in [7, 11) is -3.91. The van der Waals surface area contributed by atoms with Gasteiger partial charge in [-0.05, 0) is 55.7 Å². The van der Waals surface area contributed by atoms with Crippen LogP contribution in [0.15, 0.2) is 30.4 Å². The maximum Gasteiger partial charge on any atom is 0.410 e. The minimum atomic E-state index is -3.91. The third kappa shape index (κ3) is 8.44. The predicted octanol–water partition coefficient (Wildman–Crippen LogP) is 3.04. The number of hydrogen-bond acceptors (Lipinski definition) is 10. The average Bonchev–Trinajstić information content (AvgIpc) is 4.01. The highest BCUT2D eigenvalue weighted by Crippen LogP contribution is 2.46. The molecule has 4 fully saturated rings. The van der Waals surface area contributed by atoms with Crippen LogP contribution in [0.3, 0.4) is 0 Å². The fourth-order valence-corrected chi connectivity index (χ4v) is 9.31. The number of carbonyl (C=O) groups is 5. The van der Waals surface area contributed by atoms with Gasteiger partial charge in [-0.25, -0.2) is 18.0 Å². The number of carbonyl (C=O) groups excluding carboxylic acids is 5. The summed E-state index contributed by atoms with van der Waals surface area (Å²) < 4.78 is 44.6. The van der Waals surface area contributed by atoms with Crippen molar-refractivity contribution < 1.29 is 46.6 Å². The summed E-state index contributed by atoms with van der Waals surface area (Å²) in [6, 6.07) is 3.20. The molecule has 53 heavy (non-hydrogen) atoms. The number of amides is 5. The van der Waals surface area contributed by atoms with Crippen molar-refractivity contribution in [3.8, 4) is 0 Å². The second-order valence-electron chi connectivity index (χ2n) is 14.9. The lowest BCUT2D eigenvalue weighted by atomic mass is 10.0. The van der Waals surface area contributed by atoms with Crippen molar-refractivity contribution in [2.45, 2.75) is 119 Å². The molecule has 3 N–H and O–H groups in total. The van der Waals surface area contributed by atoms with Crippen LogP contribution in [-0.4, -0.2) is 103 Å². The fourth-order valence-electron chi connectivity index (χ4n) is 7.70. The van der Waals surface area contributed by atoms with Crippen LogP contribution in [-0.2, 0) is 51.7 Å². The molecule has 288 valence electrons. The van der Waals surface area contributed by atoms with E-state index >= 15 is 0 Å². The molecule has 6 aliphatic rings. The van der Waals surface area contributed by atoms with E-state index in [2.05, 4.69) is 15.4 Å². The minimum Gasteiger partial charge on any atom is -0.446 e. The molecule has 2 aliphatic carbocycles. The van der Waals surface area contributed by atoms with E-state index in [0.29, 0.717) is 56.8 Å². The van der Waals surface area contributed by atoms with Gasteiger partial charge in [-0.1, -0.05) is 48.7 Å². The van der Waals surface area contributed by atoms with Crippen molar-refractivity contribution >= 4 is 51.5 Å². The molecular weight excluding hydrogens is 730 g/mol. The predicted molar refractivity (Wildman–Crippen MR) is 190 cm³/mol. The molecule has 0 unspecified atom stereocenters. The van der Waals surface area contributed by atoms with Crippen molar-refractivity contribution in [3.63, 3.8) is 0 Å². The van der Waals surface area contributed by atoms with Gasteiger partial charge in [0, 0.05) is 36.7 Å². The summed E-state index contributed by atoms with van der Waals surface area (Å²) in [6.07, 6.45) is 6.27. The van der Waals surface area contributed by atoms with Crippen molar-refractivity contribution in [3.05, 3.63) is 46.5 Å². The molecule has 0 bridgehead atoms. The molecule has 4 aliphatic heterocycles. The molecule has 0 radical (unpaired) electrons. The number of nitrogens with one attached hydrogen (secondary N) is 3. The van der Waals surface area contributed by atoms with Crippen LogP contribution in [0.2, 0.25) is 5.02 Å². The van der Waals surface area contributed by atoms with Gasteiger partial charge in [0.05, 0.1) is 31.6 Å². The summed E-state index contributed by atoms with van der Waals surface area (Å²) in [5.74, 6) is -2.52. The molecule has 1 aromatic carbocycles. The van der Waals surface area contributed by atoms with Gasteiger partial charge in [0.15, 0.2) is 0 Å². The highest BCUT2D eigenvalue weighted by atomic mass is 35.5. The zero-order chi connectivity index (χ0) is 37.3. The van der Waals surface area contributed by atoms with E-state index in [1.807, 2.05) is 18.2 Å². The van der Waals surface area contributed by atoms with Crippen molar-refractivity contribution in [1.82, 2.24) is 25.2 Å². The van der Waals surface area contributed by atoms with E-state index in [1.54, 1.807) is 12.1 Å². The zero-order valence-corrected chi connectivity index (χ0v) is 31.0. The molecule has 5 amide bonds. The quantitative estimate of drug-likeness (QED) is 0.363.